The SMILES string of the molecule is C#Cc1ccc(NCC2CCCN2c2cc(NC)ncn2)nc1. The highest BCUT2D eigenvalue weighted by Crippen LogP contribution is 2.25. The first-order valence-corrected chi connectivity index (χ1v) is 7.73. The van der Waals surface area contributed by atoms with E-state index in [4.69, 9.17) is 6.42 Å². The topological polar surface area (TPSA) is 66.0 Å². The summed E-state index contributed by atoms with van der Waals surface area (Å²) in [4.78, 5) is 15.2. The molecule has 1 aliphatic heterocycles. The standard InChI is InChI=1S/C17H20N6/c1-3-13-6-7-15(19-10-13)20-11-14-5-4-8-23(14)17-9-16(18-2)21-12-22-17/h1,6-7,9-10,12,14H,4-5,8,11H2,2H3,(H,19,20)(H,18,21,22). The van der Waals surface area contributed by atoms with Crippen LogP contribution >= 0.6 is 0 Å². The van der Waals surface area contributed by atoms with Crippen LogP contribution < -0.4 is 15.5 Å². The summed E-state index contributed by atoms with van der Waals surface area (Å²) in [7, 11) is 1.86. The Morgan fingerprint density at radius 1 is 1.30 bits per heavy atom. The molecule has 0 saturated carbocycles. The zero-order valence-electron chi connectivity index (χ0n) is 13.2. The molecule has 6 heteroatoms. The predicted molar refractivity (Wildman–Crippen MR) is 92.6 cm³/mol. The van der Waals surface area contributed by atoms with Crippen molar-refractivity contribution in [3.63, 3.8) is 0 Å². The number of nitrogens with zero attached hydrogens (tertiary/aromatic N) is 4. The molecule has 118 valence electrons. The van der Waals surface area contributed by atoms with E-state index in [-0.39, 0.29) is 0 Å². The molecule has 6 nitrogen and oxygen atoms in total. The van der Waals surface area contributed by atoms with Gasteiger partial charge in [0.25, 0.3) is 0 Å². The summed E-state index contributed by atoms with van der Waals surface area (Å²) in [5, 5.41) is 6.44. The largest absolute Gasteiger partial charge is 0.373 e. The van der Waals surface area contributed by atoms with Gasteiger partial charge in [0.1, 0.15) is 23.8 Å². The summed E-state index contributed by atoms with van der Waals surface area (Å²) in [6.45, 7) is 1.83. The predicted octanol–water partition coefficient (Wildman–Crippen LogP) is 1.98. The highest BCUT2D eigenvalue weighted by molar-refractivity contribution is 5.50. The minimum absolute atomic E-state index is 0.392. The van der Waals surface area contributed by atoms with Gasteiger partial charge in [0.05, 0.1) is 0 Å². The van der Waals surface area contributed by atoms with E-state index in [9.17, 15) is 0 Å². The summed E-state index contributed by atoms with van der Waals surface area (Å²) < 4.78 is 0. The summed E-state index contributed by atoms with van der Waals surface area (Å²) in [6.07, 6.45) is 10.9. The molecule has 0 amide bonds. The molecule has 2 aromatic rings. The van der Waals surface area contributed by atoms with Crippen molar-refractivity contribution < 1.29 is 0 Å². The van der Waals surface area contributed by atoms with Crippen LogP contribution in [0, 0.1) is 12.3 Å². The summed E-state index contributed by atoms with van der Waals surface area (Å²) in [5.74, 6) is 5.21. The second kappa shape index (κ2) is 6.97. The molecule has 1 unspecified atom stereocenters. The van der Waals surface area contributed by atoms with Crippen molar-refractivity contribution in [2.24, 2.45) is 0 Å². The van der Waals surface area contributed by atoms with E-state index in [0.29, 0.717) is 6.04 Å². The van der Waals surface area contributed by atoms with Gasteiger partial charge in [0.15, 0.2) is 0 Å². The van der Waals surface area contributed by atoms with Crippen molar-refractivity contribution in [3.8, 4) is 12.3 Å². The fourth-order valence-electron chi connectivity index (χ4n) is 2.80. The van der Waals surface area contributed by atoms with Crippen LogP contribution in [-0.4, -0.2) is 41.1 Å². The van der Waals surface area contributed by atoms with E-state index in [1.165, 1.54) is 0 Å². The van der Waals surface area contributed by atoms with E-state index < -0.39 is 0 Å². The molecule has 23 heavy (non-hydrogen) atoms. The molecule has 0 aliphatic carbocycles. The average Bonchev–Trinajstić information content (AvgIpc) is 3.09. The number of aromatic nitrogens is 3. The molecule has 0 radical (unpaired) electrons. The summed E-state index contributed by atoms with van der Waals surface area (Å²) >= 11 is 0. The molecule has 1 atom stereocenters. The Kier molecular flexibility index (Phi) is 4.57. The fourth-order valence-corrected chi connectivity index (χ4v) is 2.80. The van der Waals surface area contributed by atoms with Crippen LogP contribution in [0.3, 0.4) is 0 Å². The van der Waals surface area contributed by atoms with Gasteiger partial charge in [-0.05, 0) is 25.0 Å². The van der Waals surface area contributed by atoms with Crippen molar-refractivity contribution >= 4 is 17.5 Å². The average molecular weight is 308 g/mol. The lowest BCUT2D eigenvalue weighted by atomic mass is 10.2. The molecule has 3 heterocycles. The van der Waals surface area contributed by atoms with Crippen molar-refractivity contribution in [2.45, 2.75) is 18.9 Å². The lowest BCUT2D eigenvalue weighted by molar-refractivity contribution is 0.689. The Bertz CT molecular complexity index is 691. The van der Waals surface area contributed by atoms with E-state index >= 15 is 0 Å². The number of pyridine rings is 1. The van der Waals surface area contributed by atoms with E-state index in [0.717, 1.165) is 48.9 Å². The minimum atomic E-state index is 0.392. The first kappa shape index (κ1) is 15.1. The first-order valence-electron chi connectivity index (χ1n) is 7.73. The smallest absolute Gasteiger partial charge is 0.134 e. The molecule has 0 aromatic carbocycles. The highest BCUT2D eigenvalue weighted by Gasteiger charge is 2.25. The molecule has 0 bridgehead atoms. The second-order valence-corrected chi connectivity index (χ2v) is 5.46. The maximum Gasteiger partial charge on any atom is 0.134 e. The molecular formula is C17H20N6. The van der Waals surface area contributed by atoms with Crippen LogP contribution in [-0.2, 0) is 0 Å². The molecule has 0 spiro atoms. The zero-order chi connectivity index (χ0) is 16.1. The van der Waals surface area contributed by atoms with Crippen molar-refractivity contribution in [1.82, 2.24) is 15.0 Å². The van der Waals surface area contributed by atoms with E-state index in [2.05, 4.69) is 36.4 Å². The molecule has 1 fully saturated rings. The number of rotatable bonds is 5. The number of terminal acetylenes is 1. The molecule has 1 aliphatic rings. The lowest BCUT2D eigenvalue weighted by Gasteiger charge is -2.26. The Morgan fingerprint density at radius 2 is 2.22 bits per heavy atom. The third-order valence-electron chi connectivity index (χ3n) is 4.03. The van der Waals surface area contributed by atoms with E-state index in [1.54, 1.807) is 12.5 Å². The quantitative estimate of drug-likeness (QED) is 0.823. The minimum Gasteiger partial charge on any atom is -0.373 e. The highest BCUT2D eigenvalue weighted by atomic mass is 15.3. The van der Waals surface area contributed by atoms with Gasteiger partial charge in [-0.2, -0.15) is 0 Å². The Hall–Kier alpha value is -2.81. The molecular weight excluding hydrogens is 288 g/mol. The maximum absolute atomic E-state index is 5.35. The van der Waals surface area contributed by atoms with Crippen molar-refractivity contribution in [1.29, 1.82) is 0 Å². The zero-order valence-corrected chi connectivity index (χ0v) is 13.2. The Morgan fingerprint density at radius 3 is 2.96 bits per heavy atom. The second-order valence-electron chi connectivity index (χ2n) is 5.46. The van der Waals surface area contributed by atoms with Gasteiger partial charge in [-0.3, -0.25) is 0 Å². The molecule has 2 N–H and O–H groups in total. The van der Waals surface area contributed by atoms with Crippen LogP contribution in [0.2, 0.25) is 0 Å². The first-order chi connectivity index (χ1) is 11.3. The van der Waals surface area contributed by atoms with Crippen molar-refractivity contribution in [2.75, 3.05) is 35.7 Å². The van der Waals surface area contributed by atoms with Crippen molar-refractivity contribution in [3.05, 3.63) is 36.3 Å². The van der Waals surface area contributed by atoms with Gasteiger partial charge >= 0.3 is 0 Å². The van der Waals surface area contributed by atoms with Gasteiger partial charge in [0, 0.05) is 44.0 Å². The Labute approximate surface area is 136 Å². The van der Waals surface area contributed by atoms with Gasteiger partial charge in [-0.15, -0.1) is 6.42 Å². The van der Waals surface area contributed by atoms with Crippen LogP contribution in [0.15, 0.2) is 30.7 Å². The number of anilines is 3. The third kappa shape index (κ3) is 3.51. The van der Waals surface area contributed by atoms with Crippen LogP contribution in [0.4, 0.5) is 17.5 Å². The normalized spacial score (nSPS) is 16.9. The maximum atomic E-state index is 5.35. The fraction of sp³-hybridized carbons (Fsp3) is 0.353. The lowest BCUT2D eigenvalue weighted by Crippen LogP contribution is -2.35. The summed E-state index contributed by atoms with van der Waals surface area (Å²) in [6, 6.07) is 6.19. The van der Waals surface area contributed by atoms with E-state index in [1.807, 2.05) is 25.2 Å². The van der Waals surface area contributed by atoms with Crippen LogP contribution in [0.25, 0.3) is 0 Å². The Balaban J connectivity index is 1.65. The molecule has 2 aromatic heterocycles. The monoisotopic (exact) mass is 308 g/mol. The van der Waals surface area contributed by atoms with Gasteiger partial charge in [-0.1, -0.05) is 5.92 Å². The van der Waals surface area contributed by atoms with Gasteiger partial charge < -0.3 is 15.5 Å². The van der Waals surface area contributed by atoms with Gasteiger partial charge in [0.2, 0.25) is 0 Å². The summed E-state index contributed by atoms with van der Waals surface area (Å²) in [5.41, 5.74) is 0.790. The molecule has 3 rings (SSSR count). The number of hydrogen-bond acceptors (Lipinski definition) is 6. The van der Waals surface area contributed by atoms with Crippen LogP contribution in [0.1, 0.15) is 18.4 Å². The number of nitrogens with one attached hydrogen (secondary N) is 2. The number of hydrogen-bond donors (Lipinski definition) is 2. The third-order valence-corrected chi connectivity index (χ3v) is 4.03. The molecule has 1 saturated heterocycles. The van der Waals surface area contributed by atoms with Gasteiger partial charge in [-0.25, -0.2) is 15.0 Å². The van der Waals surface area contributed by atoms with Crippen LogP contribution in [0.5, 0.6) is 0 Å².